The van der Waals surface area contributed by atoms with E-state index < -0.39 is 11.7 Å². The average molecular weight is 498 g/mol. The number of aromatic nitrogens is 2. The molecular formula is C25H21Cl2N3O4. The highest BCUT2D eigenvalue weighted by Gasteiger charge is 2.26. The predicted molar refractivity (Wildman–Crippen MR) is 133 cm³/mol. The van der Waals surface area contributed by atoms with Crippen molar-refractivity contribution in [1.29, 1.82) is 0 Å². The minimum Gasteiger partial charge on any atom is -0.497 e. The number of ether oxygens (including phenoxy) is 2. The molecule has 0 radical (unpaired) electrons. The molecule has 0 bridgehead atoms. The molecule has 4 rings (SSSR count). The summed E-state index contributed by atoms with van der Waals surface area (Å²) in [6.07, 6.45) is 2.96. The van der Waals surface area contributed by atoms with Gasteiger partial charge >= 0.3 is 0 Å². The Bertz CT molecular complexity index is 1420. The van der Waals surface area contributed by atoms with Gasteiger partial charge in [-0.3, -0.25) is 14.6 Å². The first kappa shape index (κ1) is 23.6. The normalized spacial score (nSPS) is 10.9. The standard InChI is InChI=1S/C25H21Cl2N3O4/c1-14-23(24(31)25(32)29-20-8-9-28-12-22(20)34-3)18-11-17(33-2)6-7-21(18)30(14)13-15-4-5-16(26)10-19(15)27/h4-12H,13H2,1-3H3,(H,28,29,32). The molecule has 0 aliphatic rings. The Morgan fingerprint density at radius 2 is 1.85 bits per heavy atom. The highest BCUT2D eigenvalue weighted by molar-refractivity contribution is 6.48. The lowest BCUT2D eigenvalue weighted by molar-refractivity contribution is -0.112. The van der Waals surface area contributed by atoms with Crippen LogP contribution < -0.4 is 14.8 Å². The third kappa shape index (κ3) is 4.44. The quantitative estimate of drug-likeness (QED) is 0.267. The number of hydrogen-bond acceptors (Lipinski definition) is 5. The minimum atomic E-state index is -0.793. The number of nitrogens with zero attached hydrogens (tertiary/aromatic N) is 2. The number of hydrogen-bond donors (Lipinski definition) is 1. The smallest absolute Gasteiger partial charge is 0.296 e. The molecule has 34 heavy (non-hydrogen) atoms. The number of halogens is 2. The van der Waals surface area contributed by atoms with E-state index in [0.717, 1.165) is 11.1 Å². The summed E-state index contributed by atoms with van der Waals surface area (Å²) in [6.45, 7) is 2.18. The molecule has 2 aromatic carbocycles. The number of pyridine rings is 1. The molecular weight excluding hydrogens is 477 g/mol. The third-order valence-electron chi connectivity index (χ3n) is 5.56. The fourth-order valence-electron chi connectivity index (χ4n) is 3.84. The van der Waals surface area contributed by atoms with Crippen LogP contribution in [0.5, 0.6) is 11.5 Å². The van der Waals surface area contributed by atoms with Crippen LogP contribution in [0, 0.1) is 6.92 Å². The second-order valence-corrected chi connectivity index (χ2v) is 8.37. The maximum Gasteiger partial charge on any atom is 0.296 e. The second-order valence-electron chi connectivity index (χ2n) is 7.52. The lowest BCUT2D eigenvalue weighted by Crippen LogP contribution is -2.24. The fraction of sp³-hybridized carbons (Fsp3) is 0.160. The third-order valence-corrected chi connectivity index (χ3v) is 6.15. The zero-order valence-electron chi connectivity index (χ0n) is 18.7. The molecule has 0 saturated heterocycles. The number of nitrogens with one attached hydrogen (secondary N) is 1. The molecule has 4 aromatic rings. The average Bonchev–Trinajstić information content (AvgIpc) is 3.10. The van der Waals surface area contributed by atoms with Crippen molar-refractivity contribution in [3.8, 4) is 11.5 Å². The van der Waals surface area contributed by atoms with E-state index in [1.165, 1.54) is 19.5 Å². The van der Waals surface area contributed by atoms with Crippen LogP contribution in [0.2, 0.25) is 10.0 Å². The number of methoxy groups -OCH3 is 2. The number of rotatable bonds is 7. The number of anilines is 1. The maximum atomic E-state index is 13.4. The first-order valence-electron chi connectivity index (χ1n) is 10.3. The van der Waals surface area contributed by atoms with Crippen LogP contribution in [0.25, 0.3) is 10.9 Å². The van der Waals surface area contributed by atoms with Crippen LogP contribution in [0.3, 0.4) is 0 Å². The van der Waals surface area contributed by atoms with Gasteiger partial charge in [0.2, 0.25) is 0 Å². The molecule has 0 aliphatic carbocycles. The summed E-state index contributed by atoms with van der Waals surface area (Å²) in [5.41, 5.74) is 2.84. The van der Waals surface area contributed by atoms with Crippen molar-refractivity contribution in [2.45, 2.75) is 13.5 Å². The molecule has 0 aliphatic heterocycles. The van der Waals surface area contributed by atoms with E-state index in [1.54, 1.807) is 44.4 Å². The van der Waals surface area contributed by atoms with Crippen LogP contribution in [-0.2, 0) is 11.3 Å². The Morgan fingerprint density at radius 1 is 1.06 bits per heavy atom. The molecule has 9 heteroatoms. The van der Waals surface area contributed by atoms with Crippen molar-refractivity contribution in [3.63, 3.8) is 0 Å². The van der Waals surface area contributed by atoms with E-state index in [1.807, 2.05) is 16.7 Å². The van der Waals surface area contributed by atoms with Crippen molar-refractivity contribution in [3.05, 3.63) is 81.7 Å². The molecule has 0 spiro atoms. The van der Waals surface area contributed by atoms with Gasteiger partial charge in [0, 0.05) is 39.4 Å². The molecule has 2 aromatic heterocycles. The lowest BCUT2D eigenvalue weighted by Gasteiger charge is -2.11. The highest BCUT2D eigenvalue weighted by Crippen LogP contribution is 2.32. The fourth-order valence-corrected chi connectivity index (χ4v) is 4.31. The van der Waals surface area contributed by atoms with Gasteiger partial charge in [-0.15, -0.1) is 0 Å². The van der Waals surface area contributed by atoms with Crippen LogP contribution in [-0.4, -0.2) is 35.5 Å². The van der Waals surface area contributed by atoms with Crippen LogP contribution >= 0.6 is 23.2 Å². The van der Waals surface area contributed by atoms with E-state index in [-0.39, 0.29) is 5.56 Å². The van der Waals surface area contributed by atoms with Gasteiger partial charge in [-0.25, -0.2) is 0 Å². The zero-order valence-corrected chi connectivity index (χ0v) is 20.2. The lowest BCUT2D eigenvalue weighted by atomic mass is 10.1. The summed E-state index contributed by atoms with van der Waals surface area (Å²) in [5, 5.41) is 4.27. The molecule has 0 unspecified atom stereocenters. The topological polar surface area (TPSA) is 82.5 Å². The van der Waals surface area contributed by atoms with Crippen molar-refractivity contribution < 1.29 is 19.1 Å². The highest BCUT2D eigenvalue weighted by atomic mass is 35.5. The Morgan fingerprint density at radius 3 is 2.56 bits per heavy atom. The van der Waals surface area contributed by atoms with E-state index in [4.69, 9.17) is 32.7 Å². The maximum absolute atomic E-state index is 13.4. The molecule has 1 amide bonds. The van der Waals surface area contributed by atoms with Gasteiger partial charge < -0.3 is 19.4 Å². The summed E-state index contributed by atoms with van der Waals surface area (Å²) >= 11 is 12.4. The van der Waals surface area contributed by atoms with Crippen molar-refractivity contribution in [2.75, 3.05) is 19.5 Å². The number of carbonyl (C=O) groups is 2. The van der Waals surface area contributed by atoms with E-state index in [2.05, 4.69) is 10.3 Å². The van der Waals surface area contributed by atoms with Gasteiger partial charge in [-0.2, -0.15) is 0 Å². The summed E-state index contributed by atoms with van der Waals surface area (Å²) < 4.78 is 12.5. The Kier molecular flexibility index (Phi) is 6.77. The number of carbonyl (C=O) groups excluding carboxylic acids is 2. The number of benzene rings is 2. The summed E-state index contributed by atoms with van der Waals surface area (Å²) in [5.74, 6) is -0.559. The summed E-state index contributed by atoms with van der Waals surface area (Å²) in [4.78, 5) is 30.3. The van der Waals surface area contributed by atoms with Crippen LogP contribution in [0.15, 0.2) is 54.9 Å². The SMILES string of the molecule is COc1ccc2c(c1)c(C(=O)C(=O)Nc1ccncc1OC)c(C)n2Cc1ccc(Cl)cc1Cl. The number of fused-ring (bicyclic) bond motifs is 1. The molecule has 1 N–H and O–H groups in total. The molecule has 174 valence electrons. The predicted octanol–water partition coefficient (Wildman–Crippen LogP) is 5.54. The first-order valence-corrected chi connectivity index (χ1v) is 11.0. The zero-order chi connectivity index (χ0) is 24.4. The van der Waals surface area contributed by atoms with Gasteiger partial charge in [0.05, 0.1) is 31.7 Å². The van der Waals surface area contributed by atoms with Crippen LogP contribution in [0.1, 0.15) is 21.6 Å². The van der Waals surface area contributed by atoms with Gasteiger partial charge in [-0.1, -0.05) is 29.3 Å². The monoisotopic (exact) mass is 497 g/mol. The van der Waals surface area contributed by atoms with Crippen molar-refractivity contribution in [1.82, 2.24) is 9.55 Å². The minimum absolute atomic E-state index is 0.282. The Labute approximate surface area is 206 Å². The van der Waals surface area contributed by atoms with E-state index in [0.29, 0.717) is 44.9 Å². The second kappa shape index (κ2) is 9.75. The largest absolute Gasteiger partial charge is 0.497 e. The Balaban J connectivity index is 1.79. The first-order chi connectivity index (χ1) is 16.3. The molecule has 2 heterocycles. The number of ketones is 1. The number of Topliss-reactive ketones (excluding diaryl/α,β-unsaturated/α-hetero) is 1. The summed E-state index contributed by atoms with van der Waals surface area (Å²) in [6, 6.07) is 12.2. The molecule has 7 nitrogen and oxygen atoms in total. The van der Waals surface area contributed by atoms with Gasteiger partial charge in [0.15, 0.2) is 5.75 Å². The molecule has 0 saturated carbocycles. The Hall–Kier alpha value is -3.55. The van der Waals surface area contributed by atoms with E-state index in [9.17, 15) is 9.59 Å². The van der Waals surface area contributed by atoms with Gasteiger partial charge in [-0.05, 0) is 48.9 Å². The molecule has 0 fully saturated rings. The van der Waals surface area contributed by atoms with Crippen LogP contribution in [0.4, 0.5) is 5.69 Å². The van der Waals surface area contributed by atoms with E-state index >= 15 is 0 Å². The van der Waals surface area contributed by atoms with Gasteiger partial charge in [0.1, 0.15) is 5.75 Å². The van der Waals surface area contributed by atoms with Crippen molar-refractivity contribution in [2.24, 2.45) is 0 Å². The van der Waals surface area contributed by atoms with Gasteiger partial charge in [0.25, 0.3) is 11.7 Å². The summed E-state index contributed by atoms with van der Waals surface area (Å²) in [7, 11) is 3.00. The number of amides is 1. The van der Waals surface area contributed by atoms with Crippen molar-refractivity contribution >= 4 is 51.5 Å². The molecule has 0 atom stereocenters.